The smallest absolute Gasteiger partial charge is 0.0764 e. The van der Waals surface area contributed by atoms with E-state index in [1.165, 1.54) is 31.4 Å². The van der Waals surface area contributed by atoms with Crippen LogP contribution in [0.3, 0.4) is 0 Å². The Kier molecular flexibility index (Phi) is 4.62. The molecule has 1 saturated carbocycles. The number of alkyl halides is 1. The first-order chi connectivity index (χ1) is 8.15. The monoisotopic (exact) mass is 299 g/mol. The molecule has 1 atom stereocenters. The normalized spacial score (nSPS) is 19.1. The zero-order valence-corrected chi connectivity index (χ0v) is 12.4. The van der Waals surface area contributed by atoms with Crippen LogP contribution in [-0.4, -0.2) is 33.1 Å². The first-order valence-corrected chi connectivity index (χ1v) is 7.43. The summed E-state index contributed by atoms with van der Waals surface area (Å²) >= 11 is 3.58. The highest BCUT2D eigenvalue weighted by molar-refractivity contribution is 9.09. The predicted molar refractivity (Wildman–Crippen MR) is 74.5 cm³/mol. The number of halogens is 1. The quantitative estimate of drug-likeness (QED) is 0.779. The second-order valence-electron chi connectivity index (χ2n) is 5.20. The van der Waals surface area contributed by atoms with Gasteiger partial charge in [0.25, 0.3) is 0 Å². The van der Waals surface area contributed by atoms with Crippen LogP contribution in [0.15, 0.2) is 12.3 Å². The van der Waals surface area contributed by atoms with Crippen molar-refractivity contribution >= 4 is 15.9 Å². The maximum absolute atomic E-state index is 4.70. The van der Waals surface area contributed by atoms with Gasteiger partial charge in [-0.2, -0.15) is 5.10 Å². The molecule has 0 radical (unpaired) electrons. The van der Waals surface area contributed by atoms with E-state index < -0.39 is 0 Å². The van der Waals surface area contributed by atoms with Crippen LogP contribution < -0.4 is 0 Å². The summed E-state index contributed by atoms with van der Waals surface area (Å²) in [7, 11) is 2.15. The molecule has 4 heteroatoms. The minimum atomic E-state index is 0.532. The first kappa shape index (κ1) is 13.1. The molecule has 3 nitrogen and oxygen atoms in total. The summed E-state index contributed by atoms with van der Waals surface area (Å²) < 4.78 is 2.17. The molecule has 0 saturated heterocycles. The van der Waals surface area contributed by atoms with Crippen LogP contribution in [0.2, 0.25) is 0 Å². The Morgan fingerprint density at radius 3 is 2.88 bits per heavy atom. The van der Waals surface area contributed by atoms with Gasteiger partial charge in [0.2, 0.25) is 0 Å². The van der Waals surface area contributed by atoms with Gasteiger partial charge >= 0.3 is 0 Å². The van der Waals surface area contributed by atoms with E-state index in [-0.39, 0.29) is 0 Å². The van der Waals surface area contributed by atoms with Crippen molar-refractivity contribution < 1.29 is 0 Å². The van der Waals surface area contributed by atoms with Crippen molar-refractivity contribution in [3.8, 4) is 0 Å². The zero-order chi connectivity index (χ0) is 12.3. The summed E-state index contributed by atoms with van der Waals surface area (Å²) in [5.41, 5.74) is 1.19. The fourth-order valence-corrected chi connectivity index (χ4v) is 3.10. The Morgan fingerprint density at radius 2 is 2.24 bits per heavy atom. The van der Waals surface area contributed by atoms with Crippen LogP contribution in [0, 0.1) is 0 Å². The maximum atomic E-state index is 4.70. The molecule has 0 aliphatic heterocycles. The van der Waals surface area contributed by atoms with E-state index in [1.54, 1.807) is 0 Å². The fourth-order valence-electron chi connectivity index (χ4n) is 2.60. The van der Waals surface area contributed by atoms with Crippen molar-refractivity contribution in [2.45, 2.75) is 50.0 Å². The number of nitrogens with zero attached hydrogens (tertiary/aromatic N) is 3. The lowest BCUT2D eigenvalue weighted by Crippen LogP contribution is -2.24. The van der Waals surface area contributed by atoms with Crippen LogP contribution in [0.4, 0.5) is 0 Å². The van der Waals surface area contributed by atoms with Crippen molar-refractivity contribution in [3.63, 3.8) is 0 Å². The molecule has 1 aromatic rings. The summed E-state index contributed by atoms with van der Waals surface area (Å²) in [6.07, 6.45) is 7.48. The lowest BCUT2D eigenvalue weighted by Gasteiger charge is -2.16. The van der Waals surface area contributed by atoms with Gasteiger partial charge in [0.1, 0.15) is 0 Å². The molecular weight excluding hydrogens is 278 g/mol. The van der Waals surface area contributed by atoms with Gasteiger partial charge in [0, 0.05) is 24.1 Å². The van der Waals surface area contributed by atoms with Gasteiger partial charge in [-0.05, 0) is 26.0 Å². The number of aromatic nitrogens is 2. The van der Waals surface area contributed by atoms with Gasteiger partial charge in [0.05, 0.1) is 11.7 Å². The Morgan fingerprint density at radius 1 is 1.53 bits per heavy atom. The van der Waals surface area contributed by atoms with Crippen LogP contribution >= 0.6 is 15.9 Å². The summed E-state index contributed by atoms with van der Waals surface area (Å²) in [6, 6.07) is 2.82. The topological polar surface area (TPSA) is 21.1 Å². The third-order valence-corrected chi connectivity index (χ3v) is 3.65. The fraction of sp³-hybridized carbons (Fsp3) is 0.769. The second kappa shape index (κ2) is 6.01. The minimum Gasteiger partial charge on any atom is -0.299 e. The molecule has 1 heterocycles. The molecule has 96 valence electrons. The molecule has 0 amide bonds. The van der Waals surface area contributed by atoms with E-state index in [9.17, 15) is 0 Å². The molecule has 0 spiro atoms. The average Bonchev–Trinajstić information content (AvgIpc) is 2.84. The van der Waals surface area contributed by atoms with E-state index in [2.05, 4.69) is 51.7 Å². The second-order valence-corrected chi connectivity index (χ2v) is 6.77. The summed E-state index contributed by atoms with van der Waals surface area (Å²) in [5, 5.41) is 4.70. The van der Waals surface area contributed by atoms with Gasteiger partial charge < -0.3 is 0 Å². The van der Waals surface area contributed by atoms with E-state index in [4.69, 9.17) is 5.10 Å². The van der Waals surface area contributed by atoms with Crippen molar-refractivity contribution in [2.24, 2.45) is 0 Å². The van der Waals surface area contributed by atoms with Crippen LogP contribution in [-0.2, 0) is 6.54 Å². The third kappa shape index (κ3) is 3.81. The minimum absolute atomic E-state index is 0.532. The van der Waals surface area contributed by atoms with E-state index >= 15 is 0 Å². The predicted octanol–water partition coefficient (Wildman–Crippen LogP) is 3.21. The van der Waals surface area contributed by atoms with Crippen molar-refractivity contribution in [1.29, 1.82) is 0 Å². The highest BCUT2D eigenvalue weighted by Crippen LogP contribution is 2.28. The van der Waals surface area contributed by atoms with Crippen molar-refractivity contribution in [3.05, 3.63) is 18.0 Å². The lowest BCUT2D eigenvalue weighted by atomic mass is 10.3. The van der Waals surface area contributed by atoms with Crippen molar-refractivity contribution in [2.75, 3.05) is 13.6 Å². The molecular formula is C13H22BrN3. The van der Waals surface area contributed by atoms with Crippen LogP contribution in [0.25, 0.3) is 0 Å². The Labute approximate surface area is 112 Å². The number of hydrogen-bond acceptors (Lipinski definition) is 2. The average molecular weight is 300 g/mol. The molecule has 1 aliphatic rings. The molecule has 0 bridgehead atoms. The van der Waals surface area contributed by atoms with Crippen molar-refractivity contribution in [1.82, 2.24) is 14.7 Å². The van der Waals surface area contributed by atoms with Crippen LogP contribution in [0.1, 0.15) is 44.3 Å². The molecule has 17 heavy (non-hydrogen) atoms. The summed E-state index contributed by atoms with van der Waals surface area (Å²) in [5.74, 6) is 0. The highest BCUT2D eigenvalue weighted by Gasteiger charge is 2.17. The zero-order valence-electron chi connectivity index (χ0n) is 10.8. The molecule has 1 fully saturated rings. The lowest BCUT2D eigenvalue weighted by molar-refractivity contribution is 0.325. The molecule has 0 N–H and O–H groups in total. The first-order valence-electron chi connectivity index (χ1n) is 6.52. The van der Waals surface area contributed by atoms with E-state index in [0.717, 1.165) is 13.1 Å². The Bertz CT molecular complexity index is 342. The largest absolute Gasteiger partial charge is 0.299 e. The molecule has 1 unspecified atom stereocenters. The highest BCUT2D eigenvalue weighted by atomic mass is 79.9. The Hall–Kier alpha value is -0.350. The number of rotatable bonds is 5. The summed E-state index contributed by atoms with van der Waals surface area (Å²) in [6.45, 7) is 4.17. The SMILES string of the molecule is CC(Br)CN(C)Cc1ccn(C2CCCC2)n1. The molecule has 1 aromatic heterocycles. The van der Waals surface area contributed by atoms with Gasteiger partial charge in [0.15, 0.2) is 0 Å². The standard InChI is InChI=1S/C13H22BrN3/c1-11(14)9-16(2)10-12-7-8-17(15-12)13-5-3-4-6-13/h7-8,11,13H,3-6,9-10H2,1-2H3. The van der Waals surface area contributed by atoms with Crippen LogP contribution in [0.5, 0.6) is 0 Å². The molecule has 0 aromatic carbocycles. The number of hydrogen-bond donors (Lipinski definition) is 0. The Balaban J connectivity index is 1.89. The van der Waals surface area contributed by atoms with E-state index in [1.807, 2.05) is 0 Å². The molecule has 2 rings (SSSR count). The third-order valence-electron chi connectivity index (χ3n) is 3.36. The van der Waals surface area contributed by atoms with Gasteiger partial charge in [-0.3, -0.25) is 9.58 Å². The van der Waals surface area contributed by atoms with E-state index in [0.29, 0.717) is 10.9 Å². The van der Waals surface area contributed by atoms with Gasteiger partial charge in [-0.1, -0.05) is 35.7 Å². The van der Waals surface area contributed by atoms with Gasteiger partial charge in [-0.25, -0.2) is 0 Å². The maximum Gasteiger partial charge on any atom is 0.0764 e. The molecule has 1 aliphatic carbocycles. The summed E-state index contributed by atoms with van der Waals surface area (Å²) in [4.78, 5) is 2.84. The van der Waals surface area contributed by atoms with Gasteiger partial charge in [-0.15, -0.1) is 0 Å².